The van der Waals surface area contributed by atoms with Gasteiger partial charge in [0.1, 0.15) is 0 Å². The van der Waals surface area contributed by atoms with Gasteiger partial charge in [0.15, 0.2) is 0 Å². The number of aliphatic hydroxyl groups excluding tert-OH is 2. The van der Waals surface area contributed by atoms with Gasteiger partial charge in [0.05, 0.1) is 22.8 Å². The molecule has 0 spiro atoms. The fraction of sp³-hybridized carbons (Fsp3) is 0.353. The zero-order chi connectivity index (χ0) is 31.7. The SMILES string of the molecule is CC1=C(CCO)c2cc3[nH]c(cc4nc(cc5[nH]c(cc1n2)c(CCO)c5C)C(C)=C4CCC(=O)O)c(CCC(=O)O)c3C. The number of rotatable bonds is 10. The van der Waals surface area contributed by atoms with Crippen molar-refractivity contribution in [3.63, 3.8) is 0 Å². The zero-order valence-electron chi connectivity index (χ0n) is 25.5. The number of H-pyrrole nitrogens is 2. The molecule has 6 N–H and O–H groups in total. The third kappa shape index (κ3) is 5.95. The summed E-state index contributed by atoms with van der Waals surface area (Å²) < 4.78 is 0. The number of hydrogen-bond donors (Lipinski definition) is 6. The summed E-state index contributed by atoms with van der Waals surface area (Å²) in [5, 5.41) is 38.7. The third-order valence-electron chi connectivity index (χ3n) is 8.70. The van der Waals surface area contributed by atoms with E-state index in [9.17, 15) is 30.0 Å². The third-order valence-corrected chi connectivity index (χ3v) is 8.70. The number of nitrogens with one attached hydrogen (secondary N) is 2. The molecule has 10 nitrogen and oxygen atoms in total. The number of aromatic amines is 2. The summed E-state index contributed by atoms with van der Waals surface area (Å²) in [5.41, 5.74) is 13.2. The van der Waals surface area contributed by atoms with Crippen LogP contribution in [0.1, 0.15) is 84.6 Å². The average molecular weight is 599 g/mol. The maximum Gasteiger partial charge on any atom is 0.303 e. The molecule has 10 heteroatoms. The highest BCUT2D eigenvalue weighted by atomic mass is 16.4. The largest absolute Gasteiger partial charge is 0.481 e. The highest BCUT2D eigenvalue weighted by Gasteiger charge is 2.21. The number of aliphatic carboxylic acids is 2. The van der Waals surface area contributed by atoms with Crippen LogP contribution in [0.3, 0.4) is 0 Å². The molecule has 0 saturated heterocycles. The van der Waals surface area contributed by atoms with Crippen molar-refractivity contribution < 1.29 is 30.0 Å². The predicted molar refractivity (Wildman–Crippen MR) is 171 cm³/mol. The minimum atomic E-state index is -0.903. The van der Waals surface area contributed by atoms with Gasteiger partial charge >= 0.3 is 11.9 Å². The molecule has 230 valence electrons. The summed E-state index contributed by atoms with van der Waals surface area (Å²) in [7, 11) is 0. The number of nitrogens with zero attached hydrogens (tertiary/aromatic N) is 2. The molecule has 0 radical (unpaired) electrons. The first-order valence-electron chi connectivity index (χ1n) is 14.8. The number of aromatic nitrogens is 4. The average Bonchev–Trinajstić information content (AvgIpc) is 3.62. The van der Waals surface area contributed by atoms with Gasteiger partial charge in [-0.2, -0.15) is 0 Å². The summed E-state index contributed by atoms with van der Waals surface area (Å²) in [5.74, 6) is -1.80. The Balaban J connectivity index is 1.93. The fourth-order valence-corrected chi connectivity index (χ4v) is 6.18. The molecule has 0 unspecified atom stereocenters. The number of allylic oxidation sites excluding steroid dienone is 3. The molecular formula is C34H38N4O6. The number of carbonyl (C=O) groups is 2. The molecule has 3 aromatic rings. The normalized spacial score (nSPS) is 13.2. The number of hydrogen-bond acceptors (Lipinski definition) is 6. The quantitative estimate of drug-likeness (QED) is 0.175. The van der Waals surface area contributed by atoms with Gasteiger partial charge in [0.2, 0.25) is 0 Å². The van der Waals surface area contributed by atoms with Crippen molar-refractivity contribution in [3.8, 4) is 0 Å². The van der Waals surface area contributed by atoms with Crippen molar-refractivity contribution >= 4 is 56.3 Å². The van der Waals surface area contributed by atoms with Crippen LogP contribution in [-0.2, 0) is 22.4 Å². The second-order valence-electron chi connectivity index (χ2n) is 11.4. The Kier molecular flexibility index (Phi) is 8.85. The maximum atomic E-state index is 11.6. The van der Waals surface area contributed by atoms with Crippen LogP contribution in [-0.4, -0.2) is 65.5 Å². The second kappa shape index (κ2) is 12.6. The highest BCUT2D eigenvalue weighted by Crippen LogP contribution is 2.37. The van der Waals surface area contributed by atoms with Gasteiger partial charge in [-0.25, -0.2) is 9.97 Å². The molecule has 0 saturated carbocycles. The van der Waals surface area contributed by atoms with E-state index in [1.165, 1.54) is 0 Å². The Labute approximate surface area is 254 Å². The van der Waals surface area contributed by atoms with Crippen LogP contribution >= 0.6 is 0 Å². The Morgan fingerprint density at radius 1 is 0.591 bits per heavy atom. The molecule has 5 heterocycles. The molecule has 2 aliphatic heterocycles. The Morgan fingerprint density at radius 3 is 1.50 bits per heavy atom. The number of aryl methyl sites for hydroxylation is 3. The van der Waals surface area contributed by atoms with Crippen LogP contribution < -0.4 is 0 Å². The van der Waals surface area contributed by atoms with Crippen LogP contribution in [0.25, 0.3) is 44.4 Å². The van der Waals surface area contributed by atoms with Crippen molar-refractivity contribution in [1.29, 1.82) is 0 Å². The molecule has 8 bridgehead atoms. The molecular weight excluding hydrogens is 560 g/mol. The van der Waals surface area contributed by atoms with E-state index in [4.69, 9.17) is 9.97 Å². The second-order valence-corrected chi connectivity index (χ2v) is 11.4. The van der Waals surface area contributed by atoms with Gasteiger partial charge in [0, 0.05) is 48.1 Å². The lowest BCUT2D eigenvalue weighted by atomic mass is 10.00. The van der Waals surface area contributed by atoms with E-state index in [1.54, 1.807) is 0 Å². The van der Waals surface area contributed by atoms with E-state index in [-0.39, 0.29) is 26.1 Å². The first-order valence-corrected chi connectivity index (χ1v) is 14.8. The standard InChI is InChI=1S/C34H38N4O6/c1-17-21(5-7-33(41)42)31-16-32-22(6-8-34(43)44)18(2)27(38-32)14-30-24(10-12-40)20(4)28(37-30)15-29-23(9-11-39)19(3)26(35-29)13-25(17)36-31/h13-16,35,38-40H,5-12H2,1-4H3,(H,41,42)(H,43,44). The van der Waals surface area contributed by atoms with E-state index in [1.807, 2.05) is 52.0 Å². The highest BCUT2D eigenvalue weighted by molar-refractivity contribution is 5.95. The molecule has 2 aliphatic rings. The lowest BCUT2D eigenvalue weighted by Crippen LogP contribution is -1.98. The lowest BCUT2D eigenvalue weighted by molar-refractivity contribution is -0.137. The summed E-state index contributed by atoms with van der Waals surface area (Å²) in [4.78, 5) is 40.0. The first-order chi connectivity index (χ1) is 21.0. The minimum absolute atomic E-state index is 0.0221. The van der Waals surface area contributed by atoms with Gasteiger partial charge in [-0.1, -0.05) is 0 Å². The van der Waals surface area contributed by atoms with Gasteiger partial charge in [0.25, 0.3) is 0 Å². The van der Waals surface area contributed by atoms with Crippen molar-refractivity contribution in [1.82, 2.24) is 19.9 Å². The summed E-state index contributed by atoms with van der Waals surface area (Å²) in [6.45, 7) is 7.80. The molecule has 5 rings (SSSR count). The summed E-state index contributed by atoms with van der Waals surface area (Å²) >= 11 is 0. The molecule has 0 atom stereocenters. The topological polar surface area (TPSA) is 172 Å². The first kappa shape index (κ1) is 30.9. The van der Waals surface area contributed by atoms with Crippen molar-refractivity contribution in [2.45, 2.75) is 66.2 Å². The van der Waals surface area contributed by atoms with Crippen molar-refractivity contribution in [2.75, 3.05) is 13.2 Å². The molecule has 0 aliphatic carbocycles. The van der Waals surface area contributed by atoms with E-state index < -0.39 is 11.9 Å². The van der Waals surface area contributed by atoms with Crippen LogP contribution in [0.2, 0.25) is 0 Å². The number of carboxylic acid groups (broad SMARTS) is 2. The number of fused-ring (bicyclic) bond motifs is 8. The van der Waals surface area contributed by atoms with Gasteiger partial charge in [-0.05, 0) is 122 Å². The minimum Gasteiger partial charge on any atom is -0.481 e. The molecule has 44 heavy (non-hydrogen) atoms. The van der Waals surface area contributed by atoms with Crippen LogP contribution in [0, 0.1) is 13.8 Å². The van der Waals surface area contributed by atoms with E-state index in [0.717, 1.165) is 66.8 Å². The van der Waals surface area contributed by atoms with Gasteiger partial charge in [-0.3, -0.25) is 9.59 Å². The van der Waals surface area contributed by atoms with Crippen molar-refractivity contribution in [3.05, 3.63) is 69.3 Å². The molecule has 0 fully saturated rings. The van der Waals surface area contributed by atoms with Gasteiger partial charge < -0.3 is 30.4 Å². The van der Waals surface area contributed by atoms with Crippen LogP contribution in [0.15, 0.2) is 24.3 Å². The number of aliphatic hydroxyl groups is 2. The maximum absolute atomic E-state index is 11.6. The predicted octanol–water partition coefficient (Wildman–Crippen LogP) is 5.59. The van der Waals surface area contributed by atoms with Crippen molar-refractivity contribution in [2.24, 2.45) is 0 Å². The van der Waals surface area contributed by atoms with Crippen LogP contribution in [0.4, 0.5) is 0 Å². The summed E-state index contributed by atoms with van der Waals surface area (Å²) in [6, 6.07) is 7.75. The Bertz CT molecular complexity index is 1890. The lowest BCUT2D eigenvalue weighted by Gasteiger charge is -2.03. The Morgan fingerprint density at radius 2 is 1.00 bits per heavy atom. The van der Waals surface area contributed by atoms with E-state index >= 15 is 0 Å². The smallest absolute Gasteiger partial charge is 0.303 e. The monoisotopic (exact) mass is 598 g/mol. The zero-order valence-corrected chi connectivity index (χ0v) is 25.5. The molecule has 3 aromatic heterocycles. The Hall–Kier alpha value is -4.54. The van der Waals surface area contributed by atoms with Gasteiger partial charge in [-0.15, -0.1) is 0 Å². The molecule has 0 amide bonds. The van der Waals surface area contributed by atoms with E-state index in [0.29, 0.717) is 48.3 Å². The fourth-order valence-electron chi connectivity index (χ4n) is 6.18. The number of carboxylic acids is 2. The van der Waals surface area contributed by atoms with Crippen LogP contribution in [0.5, 0.6) is 0 Å². The summed E-state index contributed by atoms with van der Waals surface area (Å²) in [6.07, 6.45) is 1.35. The van der Waals surface area contributed by atoms with E-state index in [2.05, 4.69) is 9.97 Å². The molecule has 0 aromatic carbocycles.